The third kappa shape index (κ3) is 3.05. The Bertz CT molecular complexity index is 511. The highest BCUT2D eigenvalue weighted by Crippen LogP contribution is 2.36. The third-order valence-electron chi connectivity index (χ3n) is 2.77. The summed E-state index contributed by atoms with van der Waals surface area (Å²) in [4.78, 5) is 22.4. The summed E-state index contributed by atoms with van der Waals surface area (Å²) in [6.07, 6.45) is 0. The molecule has 1 N–H and O–H groups in total. The molecule has 0 aromatic heterocycles. The van der Waals surface area contributed by atoms with E-state index in [2.05, 4.69) is 0 Å². The summed E-state index contributed by atoms with van der Waals surface area (Å²) in [5.41, 5.74) is 0.609. The number of aliphatic carboxylic acids is 1. The molecule has 1 rings (SSSR count). The molecule has 0 saturated heterocycles. The summed E-state index contributed by atoms with van der Waals surface area (Å²) in [6, 6.07) is 3.06. The van der Waals surface area contributed by atoms with E-state index in [-0.39, 0.29) is 16.7 Å². The monoisotopic (exact) mass is 266 g/mol. The smallest absolute Gasteiger partial charge is 0.377 e. The predicted octanol–water partition coefficient (Wildman–Crippen LogP) is 2.27. The highest BCUT2D eigenvalue weighted by atomic mass is 16.5. The van der Waals surface area contributed by atoms with Crippen LogP contribution >= 0.6 is 0 Å². The Morgan fingerprint density at radius 1 is 1.05 bits per heavy atom. The molecule has 0 fully saturated rings. The standard InChI is InChI=1S/C14H18O5/c1-14(2,3)9-7-10(18-4)8(6-11(9)19-5)12(15)13(16)17/h6-7H,1-5H3,(H,16,17). The molecule has 104 valence electrons. The van der Waals surface area contributed by atoms with Crippen LogP contribution in [0.15, 0.2) is 12.1 Å². The lowest BCUT2D eigenvalue weighted by atomic mass is 9.85. The van der Waals surface area contributed by atoms with Crippen molar-refractivity contribution in [3.8, 4) is 11.5 Å². The molecule has 0 aliphatic heterocycles. The van der Waals surface area contributed by atoms with Gasteiger partial charge in [0.1, 0.15) is 11.5 Å². The Balaban J connectivity index is 3.53. The number of carboxylic acids is 1. The van der Waals surface area contributed by atoms with Crippen LogP contribution in [-0.4, -0.2) is 31.1 Å². The van der Waals surface area contributed by atoms with Crippen LogP contribution in [0, 0.1) is 0 Å². The van der Waals surface area contributed by atoms with Crippen molar-refractivity contribution in [1.82, 2.24) is 0 Å². The number of carbonyl (C=O) groups is 2. The Kier molecular flexibility index (Phi) is 4.19. The van der Waals surface area contributed by atoms with E-state index in [0.717, 1.165) is 5.56 Å². The average molecular weight is 266 g/mol. The van der Waals surface area contributed by atoms with Gasteiger partial charge >= 0.3 is 5.97 Å². The lowest BCUT2D eigenvalue weighted by Gasteiger charge is -2.23. The van der Waals surface area contributed by atoms with Gasteiger partial charge in [-0.1, -0.05) is 20.8 Å². The number of hydrogen-bond acceptors (Lipinski definition) is 4. The molecule has 0 aliphatic rings. The first-order chi connectivity index (χ1) is 8.72. The zero-order valence-corrected chi connectivity index (χ0v) is 11.7. The summed E-state index contributed by atoms with van der Waals surface area (Å²) in [7, 11) is 2.87. The van der Waals surface area contributed by atoms with Crippen molar-refractivity contribution in [2.75, 3.05) is 14.2 Å². The number of carboxylic acid groups (broad SMARTS) is 1. The van der Waals surface area contributed by atoms with E-state index >= 15 is 0 Å². The molecular weight excluding hydrogens is 248 g/mol. The second-order valence-electron chi connectivity index (χ2n) is 5.14. The van der Waals surface area contributed by atoms with Gasteiger partial charge in [-0.25, -0.2) is 4.79 Å². The van der Waals surface area contributed by atoms with Crippen LogP contribution in [0.3, 0.4) is 0 Å². The molecule has 1 aromatic carbocycles. The molecule has 0 saturated carbocycles. The first kappa shape index (κ1) is 15.0. The summed E-state index contributed by atoms with van der Waals surface area (Å²) in [5.74, 6) is -1.84. The van der Waals surface area contributed by atoms with Crippen LogP contribution in [-0.2, 0) is 10.2 Å². The summed E-state index contributed by atoms with van der Waals surface area (Å²) in [6.45, 7) is 5.97. The van der Waals surface area contributed by atoms with Gasteiger partial charge in [-0.15, -0.1) is 0 Å². The molecule has 1 aromatic rings. The molecule has 19 heavy (non-hydrogen) atoms. The van der Waals surface area contributed by atoms with E-state index < -0.39 is 11.8 Å². The normalized spacial score (nSPS) is 11.0. The van der Waals surface area contributed by atoms with Crippen molar-refractivity contribution in [3.05, 3.63) is 23.3 Å². The Hall–Kier alpha value is -2.04. The van der Waals surface area contributed by atoms with Crippen molar-refractivity contribution >= 4 is 11.8 Å². The second-order valence-corrected chi connectivity index (χ2v) is 5.14. The Labute approximate surface area is 112 Å². The van der Waals surface area contributed by atoms with E-state index in [4.69, 9.17) is 14.6 Å². The van der Waals surface area contributed by atoms with Gasteiger partial charge in [-0.05, 0) is 17.5 Å². The zero-order valence-electron chi connectivity index (χ0n) is 11.7. The second kappa shape index (κ2) is 5.30. The molecule has 0 bridgehead atoms. The molecule has 0 radical (unpaired) electrons. The maximum Gasteiger partial charge on any atom is 0.377 e. The number of ketones is 1. The van der Waals surface area contributed by atoms with Crippen molar-refractivity contribution in [3.63, 3.8) is 0 Å². The molecule has 0 unspecified atom stereocenters. The van der Waals surface area contributed by atoms with E-state index in [0.29, 0.717) is 5.75 Å². The average Bonchev–Trinajstić information content (AvgIpc) is 2.34. The van der Waals surface area contributed by atoms with Crippen LogP contribution in [0.2, 0.25) is 0 Å². The fourth-order valence-corrected chi connectivity index (χ4v) is 1.78. The third-order valence-corrected chi connectivity index (χ3v) is 2.77. The van der Waals surface area contributed by atoms with Gasteiger partial charge < -0.3 is 14.6 Å². The Morgan fingerprint density at radius 3 is 1.95 bits per heavy atom. The van der Waals surface area contributed by atoms with E-state index in [9.17, 15) is 9.59 Å². The predicted molar refractivity (Wildman–Crippen MR) is 70.2 cm³/mol. The van der Waals surface area contributed by atoms with Crippen molar-refractivity contribution in [2.24, 2.45) is 0 Å². The number of Topliss-reactive ketones (excluding diaryl/α,β-unsaturated/α-hetero) is 1. The van der Waals surface area contributed by atoms with Gasteiger partial charge in [0.15, 0.2) is 0 Å². The number of benzene rings is 1. The number of rotatable bonds is 4. The minimum absolute atomic E-state index is 0.0140. The molecule has 0 amide bonds. The minimum atomic E-state index is -1.52. The van der Waals surface area contributed by atoms with Gasteiger partial charge in [0.05, 0.1) is 19.8 Å². The van der Waals surface area contributed by atoms with Crippen LogP contribution < -0.4 is 9.47 Å². The molecule has 0 spiro atoms. The van der Waals surface area contributed by atoms with Gasteiger partial charge in [0, 0.05) is 5.56 Å². The summed E-state index contributed by atoms with van der Waals surface area (Å²) in [5, 5.41) is 8.80. The van der Waals surface area contributed by atoms with Crippen molar-refractivity contribution in [2.45, 2.75) is 26.2 Å². The number of ether oxygens (including phenoxy) is 2. The lowest BCUT2D eigenvalue weighted by molar-refractivity contribution is -0.131. The summed E-state index contributed by atoms with van der Waals surface area (Å²) < 4.78 is 10.4. The maximum atomic E-state index is 11.6. The quantitative estimate of drug-likeness (QED) is 0.668. The fraction of sp³-hybridized carbons (Fsp3) is 0.429. The van der Waals surface area contributed by atoms with Crippen LogP contribution in [0.5, 0.6) is 11.5 Å². The number of carbonyl (C=O) groups excluding carboxylic acids is 1. The number of hydrogen-bond donors (Lipinski definition) is 1. The summed E-state index contributed by atoms with van der Waals surface area (Å²) >= 11 is 0. The minimum Gasteiger partial charge on any atom is -0.496 e. The Morgan fingerprint density at radius 2 is 1.58 bits per heavy atom. The van der Waals surface area contributed by atoms with Gasteiger partial charge in [0.25, 0.3) is 5.78 Å². The van der Waals surface area contributed by atoms with Crippen LogP contribution in [0.25, 0.3) is 0 Å². The largest absolute Gasteiger partial charge is 0.496 e. The van der Waals surface area contributed by atoms with Crippen LogP contribution in [0.4, 0.5) is 0 Å². The van der Waals surface area contributed by atoms with Gasteiger partial charge in [-0.3, -0.25) is 4.79 Å². The SMILES string of the molecule is COc1cc(C(C)(C)C)c(OC)cc1C(=O)C(=O)O. The highest BCUT2D eigenvalue weighted by Gasteiger charge is 2.26. The van der Waals surface area contributed by atoms with Crippen molar-refractivity contribution < 1.29 is 24.2 Å². The van der Waals surface area contributed by atoms with Gasteiger partial charge in [-0.2, -0.15) is 0 Å². The van der Waals surface area contributed by atoms with Crippen molar-refractivity contribution in [1.29, 1.82) is 0 Å². The fourth-order valence-electron chi connectivity index (χ4n) is 1.78. The molecule has 0 heterocycles. The van der Waals surface area contributed by atoms with E-state index in [1.165, 1.54) is 20.3 Å². The first-order valence-electron chi connectivity index (χ1n) is 5.76. The maximum absolute atomic E-state index is 11.6. The topological polar surface area (TPSA) is 72.8 Å². The van der Waals surface area contributed by atoms with E-state index in [1.54, 1.807) is 6.07 Å². The van der Waals surface area contributed by atoms with Crippen LogP contribution in [0.1, 0.15) is 36.7 Å². The zero-order chi connectivity index (χ0) is 14.8. The lowest BCUT2D eigenvalue weighted by Crippen LogP contribution is -2.17. The highest BCUT2D eigenvalue weighted by molar-refractivity contribution is 6.40. The molecule has 0 aliphatic carbocycles. The van der Waals surface area contributed by atoms with Gasteiger partial charge in [0.2, 0.25) is 0 Å². The molecule has 0 atom stereocenters. The molecule has 5 nitrogen and oxygen atoms in total. The first-order valence-corrected chi connectivity index (χ1v) is 5.76. The van der Waals surface area contributed by atoms with E-state index in [1.807, 2.05) is 20.8 Å². The molecule has 5 heteroatoms. The molecular formula is C14H18O5. The number of methoxy groups -OCH3 is 2.